The van der Waals surface area contributed by atoms with Gasteiger partial charge < -0.3 is 5.32 Å². The summed E-state index contributed by atoms with van der Waals surface area (Å²) in [5.74, 6) is 1.47. The van der Waals surface area contributed by atoms with E-state index in [0.717, 1.165) is 12.5 Å². The molecule has 1 aromatic rings. The Morgan fingerprint density at radius 2 is 2.33 bits per heavy atom. The van der Waals surface area contributed by atoms with Gasteiger partial charge in [-0.25, -0.2) is 0 Å². The molecule has 2 rings (SSSR count). The van der Waals surface area contributed by atoms with Crippen molar-refractivity contribution in [2.75, 3.05) is 11.9 Å². The zero-order valence-corrected chi connectivity index (χ0v) is 11.0. The summed E-state index contributed by atoms with van der Waals surface area (Å²) in [6.45, 7) is 5.74. The molecule has 2 atom stereocenters. The van der Waals surface area contributed by atoms with Crippen LogP contribution in [-0.2, 0) is 0 Å². The first-order chi connectivity index (χ1) is 7.22. The smallest absolute Gasteiger partial charge is 0.0377 e. The summed E-state index contributed by atoms with van der Waals surface area (Å²) in [5.41, 5.74) is 2.82. The second-order valence-electron chi connectivity index (χ2n) is 4.48. The van der Waals surface area contributed by atoms with Crippen LogP contribution in [0.2, 0.25) is 0 Å². The number of rotatable bonds is 3. The highest BCUT2D eigenvalue weighted by molar-refractivity contribution is 9.10. The van der Waals surface area contributed by atoms with Gasteiger partial charge in [0.1, 0.15) is 0 Å². The third kappa shape index (κ3) is 2.20. The van der Waals surface area contributed by atoms with Gasteiger partial charge in [-0.05, 0) is 29.7 Å². The molecule has 1 aromatic carbocycles. The monoisotopic (exact) mass is 267 g/mol. The first-order valence-corrected chi connectivity index (χ1v) is 6.55. The van der Waals surface area contributed by atoms with E-state index in [1.165, 1.54) is 28.6 Å². The van der Waals surface area contributed by atoms with E-state index in [2.05, 4.69) is 53.3 Å². The molecule has 15 heavy (non-hydrogen) atoms. The molecule has 82 valence electrons. The summed E-state index contributed by atoms with van der Waals surface area (Å²) in [5, 5.41) is 3.50. The number of hydrogen-bond donors (Lipinski definition) is 1. The van der Waals surface area contributed by atoms with Gasteiger partial charge in [-0.15, -0.1) is 0 Å². The SMILES string of the molecule is CCCC(C)C1CNc2ccc(Br)cc21. The minimum Gasteiger partial charge on any atom is -0.384 e. The van der Waals surface area contributed by atoms with Crippen LogP contribution < -0.4 is 5.32 Å². The second kappa shape index (κ2) is 4.56. The van der Waals surface area contributed by atoms with Crippen LogP contribution >= 0.6 is 15.9 Å². The molecule has 1 heterocycles. The van der Waals surface area contributed by atoms with Gasteiger partial charge >= 0.3 is 0 Å². The number of halogens is 1. The van der Waals surface area contributed by atoms with Crippen LogP contribution in [0.3, 0.4) is 0 Å². The number of fused-ring (bicyclic) bond motifs is 1. The lowest BCUT2D eigenvalue weighted by atomic mass is 9.86. The van der Waals surface area contributed by atoms with E-state index >= 15 is 0 Å². The molecular weight excluding hydrogens is 250 g/mol. The molecular formula is C13H18BrN. The van der Waals surface area contributed by atoms with E-state index in [-0.39, 0.29) is 0 Å². The Labute approximate surface area is 100 Å². The number of hydrogen-bond acceptors (Lipinski definition) is 1. The maximum Gasteiger partial charge on any atom is 0.0377 e. The van der Waals surface area contributed by atoms with Crippen molar-refractivity contribution in [1.29, 1.82) is 0 Å². The van der Waals surface area contributed by atoms with E-state index in [1.807, 2.05) is 0 Å². The van der Waals surface area contributed by atoms with Crippen molar-refractivity contribution < 1.29 is 0 Å². The van der Waals surface area contributed by atoms with Crippen molar-refractivity contribution in [2.45, 2.75) is 32.6 Å². The highest BCUT2D eigenvalue weighted by atomic mass is 79.9. The van der Waals surface area contributed by atoms with Crippen molar-refractivity contribution in [1.82, 2.24) is 0 Å². The Balaban J connectivity index is 2.23. The molecule has 0 saturated carbocycles. The molecule has 1 nitrogen and oxygen atoms in total. The summed E-state index contributed by atoms with van der Waals surface area (Å²) in [6.07, 6.45) is 2.60. The number of benzene rings is 1. The van der Waals surface area contributed by atoms with E-state index < -0.39 is 0 Å². The standard InChI is InChI=1S/C13H18BrN/c1-3-4-9(2)12-8-15-13-6-5-10(14)7-11(12)13/h5-7,9,12,15H,3-4,8H2,1-2H3. The third-order valence-electron chi connectivity index (χ3n) is 3.36. The van der Waals surface area contributed by atoms with Crippen LogP contribution in [0.4, 0.5) is 5.69 Å². The highest BCUT2D eigenvalue weighted by Gasteiger charge is 2.26. The summed E-state index contributed by atoms with van der Waals surface area (Å²) >= 11 is 3.55. The van der Waals surface area contributed by atoms with Crippen LogP contribution in [0.5, 0.6) is 0 Å². The molecule has 0 radical (unpaired) electrons. The lowest BCUT2D eigenvalue weighted by Crippen LogP contribution is -2.11. The van der Waals surface area contributed by atoms with Crippen LogP contribution in [0.25, 0.3) is 0 Å². The minimum atomic E-state index is 0.692. The zero-order chi connectivity index (χ0) is 10.8. The Morgan fingerprint density at radius 3 is 3.07 bits per heavy atom. The van der Waals surface area contributed by atoms with E-state index in [4.69, 9.17) is 0 Å². The van der Waals surface area contributed by atoms with E-state index in [9.17, 15) is 0 Å². The van der Waals surface area contributed by atoms with Crippen LogP contribution in [0.1, 0.15) is 38.2 Å². The molecule has 0 saturated heterocycles. The summed E-state index contributed by atoms with van der Waals surface area (Å²) in [7, 11) is 0. The topological polar surface area (TPSA) is 12.0 Å². The van der Waals surface area contributed by atoms with Gasteiger partial charge in [0.05, 0.1) is 0 Å². The molecule has 1 N–H and O–H groups in total. The van der Waals surface area contributed by atoms with Gasteiger partial charge in [0.15, 0.2) is 0 Å². The maximum atomic E-state index is 3.55. The fourth-order valence-corrected chi connectivity index (χ4v) is 2.87. The molecule has 2 heteroatoms. The van der Waals surface area contributed by atoms with E-state index in [0.29, 0.717) is 5.92 Å². The molecule has 0 spiro atoms. The Morgan fingerprint density at radius 1 is 1.53 bits per heavy atom. The van der Waals surface area contributed by atoms with Gasteiger partial charge in [0.25, 0.3) is 0 Å². The average Bonchev–Trinajstić information content (AvgIpc) is 2.60. The molecule has 0 aromatic heterocycles. The van der Waals surface area contributed by atoms with Gasteiger partial charge in [-0.1, -0.05) is 42.6 Å². The van der Waals surface area contributed by atoms with Gasteiger partial charge in [0.2, 0.25) is 0 Å². The van der Waals surface area contributed by atoms with Crippen molar-refractivity contribution >= 4 is 21.6 Å². The van der Waals surface area contributed by atoms with Crippen LogP contribution in [-0.4, -0.2) is 6.54 Å². The predicted molar refractivity (Wildman–Crippen MR) is 69.4 cm³/mol. The first-order valence-electron chi connectivity index (χ1n) is 5.75. The minimum absolute atomic E-state index is 0.692. The first kappa shape index (κ1) is 11.0. The van der Waals surface area contributed by atoms with Gasteiger partial charge in [-0.2, -0.15) is 0 Å². The van der Waals surface area contributed by atoms with E-state index in [1.54, 1.807) is 0 Å². The fourth-order valence-electron chi connectivity index (χ4n) is 2.50. The molecule has 0 amide bonds. The van der Waals surface area contributed by atoms with Crippen molar-refractivity contribution in [3.63, 3.8) is 0 Å². The van der Waals surface area contributed by atoms with Crippen LogP contribution in [0, 0.1) is 5.92 Å². The zero-order valence-electron chi connectivity index (χ0n) is 9.39. The van der Waals surface area contributed by atoms with Gasteiger partial charge in [-0.3, -0.25) is 0 Å². The molecule has 1 aliphatic rings. The normalized spacial score (nSPS) is 20.9. The quantitative estimate of drug-likeness (QED) is 0.857. The summed E-state index contributed by atoms with van der Waals surface area (Å²) in [4.78, 5) is 0. The predicted octanol–water partition coefficient (Wildman–Crippen LogP) is 4.39. The average molecular weight is 268 g/mol. The molecule has 2 unspecified atom stereocenters. The fraction of sp³-hybridized carbons (Fsp3) is 0.538. The number of nitrogens with one attached hydrogen (secondary N) is 1. The molecule has 0 bridgehead atoms. The van der Waals surface area contributed by atoms with Crippen molar-refractivity contribution in [2.24, 2.45) is 5.92 Å². The van der Waals surface area contributed by atoms with Crippen LogP contribution in [0.15, 0.2) is 22.7 Å². The Hall–Kier alpha value is -0.500. The lowest BCUT2D eigenvalue weighted by molar-refractivity contribution is 0.447. The Kier molecular flexibility index (Phi) is 3.35. The number of anilines is 1. The second-order valence-corrected chi connectivity index (χ2v) is 5.40. The summed E-state index contributed by atoms with van der Waals surface area (Å²) < 4.78 is 1.19. The Bertz CT molecular complexity index is 348. The summed E-state index contributed by atoms with van der Waals surface area (Å²) in [6, 6.07) is 6.56. The van der Waals surface area contributed by atoms with Crippen molar-refractivity contribution in [3.8, 4) is 0 Å². The maximum absolute atomic E-state index is 3.55. The van der Waals surface area contributed by atoms with Gasteiger partial charge in [0, 0.05) is 22.6 Å². The highest BCUT2D eigenvalue weighted by Crippen LogP contribution is 2.39. The van der Waals surface area contributed by atoms with Crippen molar-refractivity contribution in [3.05, 3.63) is 28.2 Å². The third-order valence-corrected chi connectivity index (χ3v) is 3.85. The molecule has 0 aliphatic carbocycles. The lowest BCUT2D eigenvalue weighted by Gasteiger charge is -2.18. The molecule has 1 aliphatic heterocycles. The molecule has 0 fully saturated rings. The largest absolute Gasteiger partial charge is 0.384 e.